The van der Waals surface area contributed by atoms with Crippen molar-refractivity contribution in [3.8, 4) is 0 Å². The Morgan fingerprint density at radius 2 is 1.80 bits per heavy atom. The Morgan fingerprint density at radius 3 is 2.33 bits per heavy atom. The fraction of sp³-hybridized carbons (Fsp3) is 0.875. The summed E-state index contributed by atoms with van der Waals surface area (Å²) in [5.74, 6) is -0.319. The maximum Gasteiger partial charge on any atom is 0.216 e. The fourth-order valence-corrected chi connectivity index (χ4v) is 1.34. The second-order valence-electron chi connectivity index (χ2n) is 3.47. The first-order valence-corrected chi connectivity index (χ1v) is 4.55. The Labute approximate surface area is 86.3 Å². The van der Waals surface area contributed by atoms with Crippen LogP contribution in [0.5, 0.6) is 0 Å². The van der Waals surface area contributed by atoms with E-state index in [1.807, 2.05) is 0 Å². The van der Waals surface area contributed by atoms with Crippen molar-refractivity contribution in [2.75, 3.05) is 6.54 Å². The number of aliphatic hydroxyl groups is 4. The molecule has 0 spiro atoms. The smallest absolute Gasteiger partial charge is 0.216 e. The summed E-state index contributed by atoms with van der Waals surface area (Å²) in [5, 5.41) is 39.4. The van der Waals surface area contributed by atoms with Gasteiger partial charge in [-0.3, -0.25) is 4.79 Å². The van der Waals surface area contributed by atoms with Crippen LogP contribution in [0.25, 0.3) is 0 Å². The number of nitrogens with one attached hydrogen (secondary N) is 1. The van der Waals surface area contributed by atoms with Gasteiger partial charge >= 0.3 is 0 Å². The molecule has 0 bridgehead atoms. The first kappa shape index (κ1) is 12.3. The van der Waals surface area contributed by atoms with Gasteiger partial charge < -0.3 is 30.5 Å². The molecule has 1 rings (SSSR count). The summed E-state index contributed by atoms with van der Waals surface area (Å²) in [6.07, 6.45) is -6.90. The lowest BCUT2D eigenvalue weighted by molar-refractivity contribution is -0.280. The van der Waals surface area contributed by atoms with E-state index in [4.69, 9.17) is 14.9 Å². The van der Waals surface area contributed by atoms with Crippen LogP contribution in [0.15, 0.2) is 0 Å². The van der Waals surface area contributed by atoms with Gasteiger partial charge in [-0.05, 0) is 0 Å². The number of amides is 1. The molecule has 7 nitrogen and oxygen atoms in total. The molecule has 7 heteroatoms. The Balaban J connectivity index is 2.54. The minimum absolute atomic E-state index is 0.0443. The van der Waals surface area contributed by atoms with Crippen molar-refractivity contribution >= 4 is 5.91 Å². The van der Waals surface area contributed by atoms with Crippen molar-refractivity contribution in [1.29, 1.82) is 0 Å². The molecule has 88 valence electrons. The highest BCUT2D eigenvalue weighted by atomic mass is 16.6. The highest BCUT2D eigenvalue weighted by Crippen LogP contribution is 2.19. The lowest BCUT2D eigenvalue weighted by Crippen LogP contribution is -2.59. The van der Waals surface area contributed by atoms with E-state index in [2.05, 4.69) is 5.32 Å². The molecule has 1 saturated heterocycles. The molecule has 5 atom stereocenters. The summed E-state index contributed by atoms with van der Waals surface area (Å²) in [4.78, 5) is 10.6. The van der Waals surface area contributed by atoms with E-state index in [0.29, 0.717) is 0 Å². The van der Waals surface area contributed by atoms with E-state index in [1.54, 1.807) is 0 Å². The molecule has 15 heavy (non-hydrogen) atoms. The average Bonchev–Trinajstić information content (AvgIpc) is 2.18. The fourth-order valence-electron chi connectivity index (χ4n) is 1.34. The number of ether oxygens (including phenoxy) is 1. The highest BCUT2D eigenvalue weighted by molar-refractivity contribution is 5.72. The molecule has 5 N–H and O–H groups in total. The number of hydrogen-bond acceptors (Lipinski definition) is 6. The molecule has 1 heterocycles. The second kappa shape index (κ2) is 4.86. The van der Waals surface area contributed by atoms with Gasteiger partial charge in [0.25, 0.3) is 0 Å². The summed E-state index contributed by atoms with van der Waals surface area (Å²) in [6, 6.07) is 0. The van der Waals surface area contributed by atoms with Crippen LogP contribution >= 0.6 is 0 Å². The van der Waals surface area contributed by atoms with Gasteiger partial charge in [0.05, 0.1) is 0 Å². The van der Waals surface area contributed by atoms with E-state index in [1.165, 1.54) is 6.92 Å². The first-order chi connectivity index (χ1) is 6.93. The Kier molecular flexibility index (Phi) is 4.00. The molecule has 0 aromatic carbocycles. The van der Waals surface area contributed by atoms with E-state index in [9.17, 15) is 15.0 Å². The number of aliphatic hydroxyl groups excluding tert-OH is 4. The average molecular weight is 221 g/mol. The van der Waals surface area contributed by atoms with Gasteiger partial charge in [-0.25, -0.2) is 0 Å². The maximum atomic E-state index is 10.6. The summed E-state index contributed by atoms with van der Waals surface area (Å²) in [7, 11) is 0. The molecule has 1 aliphatic rings. The lowest BCUT2D eigenvalue weighted by atomic mass is 9.99. The van der Waals surface area contributed by atoms with Crippen LogP contribution in [-0.2, 0) is 9.53 Å². The van der Waals surface area contributed by atoms with Crippen LogP contribution in [0, 0.1) is 0 Å². The van der Waals surface area contributed by atoms with E-state index in [0.717, 1.165) is 0 Å². The third kappa shape index (κ3) is 2.86. The lowest BCUT2D eigenvalue weighted by Gasteiger charge is -2.38. The first-order valence-electron chi connectivity index (χ1n) is 4.55. The van der Waals surface area contributed by atoms with Crippen molar-refractivity contribution in [1.82, 2.24) is 5.32 Å². The quantitative estimate of drug-likeness (QED) is 0.337. The maximum absolute atomic E-state index is 10.6. The molecule has 1 fully saturated rings. The van der Waals surface area contributed by atoms with Crippen LogP contribution in [-0.4, -0.2) is 63.6 Å². The van der Waals surface area contributed by atoms with Crippen LogP contribution in [0.2, 0.25) is 0 Å². The van der Waals surface area contributed by atoms with Gasteiger partial charge in [0.2, 0.25) is 5.91 Å². The van der Waals surface area contributed by atoms with Crippen LogP contribution < -0.4 is 5.32 Å². The predicted octanol–water partition coefficient (Wildman–Crippen LogP) is -3.08. The number of rotatable bonds is 2. The van der Waals surface area contributed by atoms with Gasteiger partial charge in [0.1, 0.15) is 24.4 Å². The zero-order chi connectivity index (χ0) is 11.6. The molecule has 0 radical (unpaired) electrons. The van der Waals surface area contributed by atoms with Crippen LogP contribution in [0.4, 0.5) is 0 Å². The zero-order valence-electron chi connectivity index (χ0n) is 8.20. The molecule has 0 saturated carbocycles. The standard InChI is InChI=1S/C8H15NO6/c1-3(10)9-2-4-5(11)6(12)7(13)8(14)15-4/h4-8,11-14H,2H2,1H3,(H,9,10)/t4-,5-,6+,7-,8?/m1/s1. The second-order valence-corrected chi connectivity index (χ2v) is 3.47. The third-order valence-electron chi connectivity index (χ3n) is 2.24. The molecular weight excluding hydrogens is 206 g/mol. The number of carbonyl (C=O) groups is 1. The van der Waals surface area contributed by atoms with Crippen molar-refractivity contribution in [3.63, 3.8) is 0 Å². The molecule has 1 amide bonds. The highest BCUT2D eigenvalue weighted by Gasteiger charge is 2.42. The van der Waals surface area contributed by atoms with Gasteiger partial charge in [-0.2, -0.15) is 0 Å². The topological polar surface area (TPSA) is 119 Å². The van der Waals surface area contributed by atoms with Crippen LogP contribution in [0.3, 0.4) is 0 Å². The zero-order valence-corrected chi connectivity index (χ0v) is 8.20. The Bertz CT molecular complexity index is 235. The Hall–Kier alpha value is -0.730. The summed E-state index contributed by atoms with van der Waals surface area (Å²) in [6.45, 7) is 1.24. The largest absolute Gasteiger partial charge is 0.388 e. The summed E-state index contributed by atoms with van der Waals surface area (Å²) in [5.41, 5.74) is 0. The van der Waals surface area contributed by atoms with Gasteiger partial charge in [-0.1, -0.05) is 0 Å². The molecule has 1 aliphatic heterocycles. The van der Waals surface area contributed by atoms with Gasteiger partial charge in [-0.15, -0.1) is 0 Å². The molecule has 0 aromatic heterocycles. The molecule has 0 aliphatic carbocycles. The monoisotopic (exact) mass is 221 g/mol. The van der Waals surface area contributed by atoms with Crippen LogP contribution in [0.1, 0.15) is 6.92 Å². The third-order valence-corrected chi connectivity index (χ3v) is 2.24. The van der Waals surface area contributed by atoms with Gasteiger partial charge in [0.15, 0.2) is 6.29 Å². The predicted molar refractivity (Wildman–Crippen MR) is 47.6 cm³/mol. The van der Waals surface area contributed by atoms with E-state index >= 15 is 0 Å². The Morgan fingerprint density at radius 1 is 1.20 bits per heavy atom. The normalized spacial score (nSPS) is 41.3. The number of carbonyl (C=O) groups excluding carboxylic acids is 1. The molecule has 0 aromatic rings. The van der Waals surface area contributed by atoms with Crippen molar-refractivity contribution in [2.24, 2.45) is 0 Å². The van der Waals surface area contributed by atoms with Crippen molar-refractivity contribution < 1.29 is 30.0 Å². The minimum Gasteiger partial charge on any atom is -0.388 e. The van der Waals surface area contributed by atoms with Crippen molar-refractivity contribution in [2.45, 2.75) is 37.6 Å². The van der Waals surface area contributed by atoms with E-state index in [-0.39, 0.29) is 12.5 Å². The molecular formula is C8H15NO6. The SMILES string of the molecule is CC(=O)NC[C@H]1OC(O)[C@H](O)[C@@H](O)[C@@H]1O. The summed E-state index contributed by atoms with van der Waals surface area (Å²) >= 11 is 0. The minimum atomic E-state index is -1.57. The van der Waals surface area contributed by atoms with Crippen molar-refractivity contribution in [3.05, 3.63) is 0 Å². The van der Waals surface area contributed by atoms with E-state index < -0.39 is 30.7 Å². The summed E-state index contributed by atoms with van der Waals surface area (Å²) < 4.78 is 4.81. The molecule has 1 unspecified atom stereocenters. The van der Waals surface area contributed by atoms with Gasteiger partial charge in [0, 0.05) is 13.5 Å². The number of hydrogen-bond donors (Lipinski definition) is 5.